The zero-order valence-electron chi connectivity index (χ0n) is 8.78. The molecule has 0 aromatic carbocycles. The van der Waals surface area contributed by atoms with E-state index in [0.717, 1.165) is 25.3 Å². The Morgan fingerprint density at radius 1 is 1.38 bits per heavy atom. The highest BCUT2D eigenvalue weighted by atomic mass is 35.5. The van der Waals surface area contributed by atoms with Crippen LogP contribution in [0.4, 0.5) is 0 Å². The van der Waals surface area contributed by atoms with Gasteiger partial charge in [-0.2, -0.15) is 0 Å². The first-order valence-electron chi connectivity index (χ1n) is 5.35. The second-order valence-corrected chi connectivity index (χ2v) is 4.89. The SMILES string of the molecule is Cl.O=c1c(Cl)ccc2n1CC1CNCC2C1. The number of halogens is 2. The van der Waals surface area contributed by atoms with E-state index in [4.69, 9.17) is 11.6 Å². The Balaban J connectivity index is 0.000000963. The number of piperidine rings is 1. The molecule has 3 heterocycles. The van der Waals surface area contributed by atoms with E-state index in [2.05, 4.69) is 5.32 Å². The fraction of sp³-hybridized carbons (Fsp3) is 0.545. The van der Waals surface area contributed by atoms with E-state index in [-0.39, 0.29) is 18.0 Å². The van der Waals surface area contributed by atoms with Gasteiger partial charge in [-0.05, 0) is 31.0 Å². The van der Waals surface area contributed by atoms with Gasteiger partial charge in [0.05, 0.1) is 0 Å². The summed E-state index contributed by atoms with van der Waals surface area (Å²) in [6.07, 6.45) is 1.20. The Bertz CT molecular complexity index is 458. The molecule has 5 heteroatoms. The maximum atomic E-state index is 11.9. The third kappa shape index (κ3) is 1.77. The minimum atomic E-state index is -0.0224. The molecular formula is C11H14Cl2N2O. The average molecular weight is 261 g/mol. The monoisotopic (exact) mass is 260 g/mol. The number of hydrogen-bond donors (Lipinski definition) is 1. The quantitative estimate of drug-likeness (QED) is 0.770. The Kier molecular flexibility index (Phi) is 3.29. The van der Waals surface area contributed by atoms with Gasteiger partial charge in [-0.15, -0.1) is 12.4 Å². The summed E-state index contributed by atoms with van der Waals surface area (Å²) in [7, 11) is 0. The van der Waals surface area contributed by atoms with Gasteiger partial charge in [0.2, 0.25) is 0 Å². The molecule has 1 saturated heterocycles. The molecule has 2 aliphatic rings. The first kappa shape index (κ1) is 12.0. The highest BCUT2D eigenvalue weighted by Crippen LogP contribution is 2.31. The summed E-state index contributed by atoms with van der Waals surface area (Å²) in [6.45, 7) is 2.82. The fourth-order valence-electron chi connectivity index (χ4n) is 2.76. The first-order valence-corrected chi connectivity index (χ1v) is 5.73. The van der Waals surface area contributed by atoms with Crippen molar-refractivity contribution < 1.29 is 0 Å². The summed E-state index contributed by atoms with van der Waals surface area (Å²) in [5, 5.41) is 3.75. The van der Waals surface area contributed by atoms with Gasteiger partial charge in [0.1, 0.15) is 5.02 Å². The lowest BCUT2D eigenvalue weighted by Gasteiger charge is -2.37. The van der Waals surface area contributed by atoms with Crippen LogP contribution in [-0.4, -0.2) is 17.7 Å². The van der Waals surface area contributed by atoms with Gasteiger partial charge in [0.15, 0.2) is 0 Å². The molecule has 2 bridgehead atoms. The number of pyridine rings is 1. The topological polar surface area (TPSA) is 34.0 Å². The third-order valence-corrected chi connectivity index (χ3v) is 3.75. The van der Waals surface area contributed by atoms with Crippen molar-refractivity contribution in [1.29, 1.82) is 0 Å². The molecule has 2 unspecified atom stereocenters. The van der Waals surface area contributed by atoms with E-state index in [1.807, 2.05) is 10.6 Å². The molecule has 0 radical (unpaired) electrons. The predicted octanol–water partition coefficient (Wildman–Crippen LogP) is 1.63. The molecule has 0 amide bonds. The molecule has 1 N–H and O–H groups in total. The molecule has 1 aromatic rings. The van der Waals surface area contributed by atoms with Crippen LogP contribution in [0, 0.1) is 5.92 Å². The molecule has 2 atom stereocenters. The van der Waals surface area contributed by atoms with Crippen LogP contribution in [0.25, 0.3) is 0 Å². The van der Waals surface area contributed by atoms with E-state index in [1.165, 1.54) is 6.42 Å². The van der Waals surface area contributed by atoms with E-state index in [0.29, 0.717) is 16.9 Å². The predicted molar refractivity (Wildman–Crippen MR) is 66.7 cm³/mol. The molecular weight excluding hydrogens is 247 g/mol. The smallest absolute Gasteiger partial charge is 0.269 e. The minimum Gasteiger partial charge on any atom is -0.316 e. The number of nitrogens with one attached hydrogen (secondary N) is 1. The Labute approximate surface area is 105 Å². The van der Waals surface area contributed by atoms with Crippen molar-refractivity contribution in [2.24, 2.45) is 5.92 Å². The second kappa shape index (κ2) is 4.40. The van der Waals surface area contributed by atoms with E-state index >= 15 is 0 Å². The average Bonchev–Trinajstić information content (AvgIpc) is 2.25. The van der Waals surface area contributed by atoms with Gasteiger partial charge in [-0.25, -0.2) is 0 Å². The summed E-state index contributed by atoms with van der Waals surface area (Å²) in [5.74, 6) is 1.08. The van der Waals surface area contributed by atoms with Crippen LogP contribution in [0.3, 0.4) is 0 Å². The summed E-state index contributed by atoms with van der Waals surface area (Å²) in [6, 6.07) is 3.72. The van der Waals surface area contributed by atoms with Gasteiger partial charge in [0, 0.05) is 24.7 Å². The van der Waals surface area contributed by atoms with Crippen LogP contribution in [0.2, 0.25) is 5.02 Å². The first-order chi connectivity index (χ1) is 7.25. The lowest BCUT2D eigenvalue weighted by Crippen LogP contribution is -2.44. The van der Waals surface area contributed by atoms with Crippen LogP contribution in [0.1, 0.15) is 18.0 Å². The van der Waals surface area contributed by atoms with Gasteiger partial charge in [-0.3, -0.25) is 4.79 Å². The Hall–Kier alpha value is -0.510. The van der Waals surface area contributed by atoms with E-state index < -0.39 is 0 Å². The molecule has 1 aromatic heterocycles. The summed E-state index contributed by atoms with van der Waals surface area (Å²) >= 11 is 5.85. The number of nitrogens with zero attached hydrogens (tertiary/aromatic N) is 1. The van der Waals surface area contributed by atoms with E-state index in [9.17, 15) is 4.79 Å². The zero-order chi connectivity index (χ0) is 10.4. The fourth-order valence-corrected chi connectivity index (χ4v) is 2.93. The number of fused-ring (bicyclic) bond motifs is 4. The molecule has 0 spiro atoms. The normalized spacial score (nSPS) is 26.8. The number of aromatic nitrogens is 1. The third-order valence-electron chi connectivity index (χ3n) is 3.46. The molecule has 16 heavy (non-hydrogen) atoms. The van der Waals surface area contributed by atoms with Crippen LogP contribution >= 0.6 is 24.0 Å². The molecule has 3 nitrogen and oxygen atoms in total. The Morgan fingerprint density at radius 3 is 3.00 bits per heavy atom. The van der Waals surface area contributed by atoms with Crippen molar-refractivity contribution in [3.63, 3.8) is 0 Å². The maximum absolute atomic E-state index is 11.9. The van der Waals surface area contributed by atoms with Crippen molar-refractivity contribution >= 4 is 24.0 Å². The highest BCUT2D eigenvalue weighted by Gasteiger charge is 2.30. The largest absolute Gasteiger partial charge is 0.316 e. The molecule has 2 aliphatic heterocycles. The minimum absolute atomic E-state index is 0. The standard InChI is InChI=1S/C11H13ClN2O.ClH/c12-9-1-2-10-8-3-7(4-13-5-8)6-14(10)11(9)15;/h1-2,7-8,13H,3-6H2;1H. The number of hydrogen-bond acceptors (Lipinski definition) is 2. The lowest BCUT2D eigenvalue weighted by atomic mass is 9.84. The van der Waals surface area contributed by atoms with Crippen LogP contribution in [-0.2, 0) is 6.54 Å². The van der Waals surface area contributed by atoms with E-state index in [1.54, 1.807) is 6.07 Å². The van der Waals surface area contributed by atoms with Crippen LogP contribution < -0.4 is 10.9 Å². The summed E-state index contributed by atoms with van der Waals surface area (Å²) in [5.41, 5.74) is 1.12. The Morgan fingerprint density at radius 2 is 2.19 bits per heavy atom. The molecule has 1 fully saturated rings. The summed E-state index contributed by atoms with van der Waals surface area (Å²) < 4.78 is 1.86. The van der Waals surface area contributed by atoms with Gasteiger partial charge < -0.3 is 9.88 Å². The van der Waals surface area contributed by atoms with Crippen molar-refractivity contribution in [3.8, 4) is 0 Å². The zero-order valence-corrected chi connectivity index (χ0v) is 10.4. The van der Waals surface area contributed by atoms with Gasteiger partial charge in [0.25, 0.3) is 5.56 Å². The summed E-state index contributed by atoms with van der Waals surface area (Å²) in [4.78, 5) is 11.9. The highest BCUT2D eigenvalue weighted by molar-refractivity contribution is 6.30. The maximum Gasteiger partial charge on any atom is 0.269 e. The van der Waals surface area contributed by atoms with Crippen molar-refractivity contribution in [1.82, 2.24) is 9.88 Å². The van der Waals surface area contributed by atoms with Gasteiger partial charge in [-0.1, -0.05) is 11.6 Å². The molecule has 3 rings (SSSR count). The van der Waals surface area contributed by atoms with Crippen molar-refractivity contribution in [2.45, 2.75) is 18.9 Å². The molecule has 0 aliphatic carbocycles. The number of rotatable bonds is 0. The van der Waals surface area contributed by atoms with Crippen molar-refractivity contribution in [3.05, 3.63) is 33.2 Å². The second-order valence-electron chi connectivity index (χ2n) is 4.48. The molecule has 0 saturated carbocycles. The lowest BCUT2D eigenvalue weighted by molar-refractivity contribution is 0.257. The molecule has 88 valence electrons. The van der Waals surface area contributed by atoms with Crippen molar-refractivity contribution in [2.75, 3.05) is 13.1 Å². The van der Waals surface area contributed by atoms with Gasteiger partial charge >= 0.3 is 0 Å². The van der Waals surface area contributed by atoms with Crippen LogP contribution in [0.15, 0.2) is 16.9 Å². The van der Waals surface area contributed by atoms with Crippen LogP contribution in [0.5, 0.6) is 0 Å².